The lowest BCUT2D eigenvalue weighted by atomic mass is 10.7. The number of nitrogens with one attached hydrogen (secondary N) is 2. The van der Waals surface area contributed by atoms with Crippen LogP contribution in [0.15, 0.2) is 0 Å². The summed E-state index contributed by atoms with van der Waals surface area (Å²) in [6.45, 7) is 2.75. The van der Waals surface area contributed by atoms with Crippen LogP contribution in [0.5, 0.6) is 0 Å². The van der Waals surface area contributed by atoms with Crippen molar-refractivity contribution in [1.29, 1.82) is 0 Å². The predicted octanol–water partition coefficient (Wildman–Crippen LogP) is -3.45. The summed E-state index contributed by atoms with van der Waals surface area (Å²) < 4.78 is 3.32. The molecular formula is C6H11ClN4O2P-. The zero-order valence-corrected chi connectivity index (χ0v) is 9.17. The number of amides is 4. The van der Waals surface area contributed by atoms with Crippen molar-refractivity contribution < 1.29 is 22.0 Å². The maximum atomic E-state index is 11.1. The van der Waals surface area contributed by atoms with Gasteiger partial charge in [-0.2, -0.15) is 0 Å². The van der Waals surface area contributed by atoms with Gasteiger partial charge in [0.15, 0.2) is 0 Å². The first-order valence-electron chi connectivity index (χ1n) is 4.14. The van der Waals surface area contributed by atoms with Gasteiger partial charge in [-0.3, -0.25) is 9.34 Å². The lowest BCUT2D eigenvalue weighted by Gasteiger charge is -2.20. The van der Waals surface area contributed by atoms with E-state index in [1.54, 1.807) is 9.34 Å². The molecule has 14 heavy (non-hydrogen) atoms. The van der Waals surface area contributed by atoms with Crippen molar-refractivity contribution in [2.24, 2.45) is 0 Å². The Morgan fingerprint density at radius 2 is 1.43 bits per heavy atom. The molecule has 6 nitrogen and oxygen atoms in total. The van der Waals surface area contributed by atoms with Gasteiger partial charge in [0.1, 0.15) is 0 Å². The topological polar surface area (TPSA) is 64.7 Å². The molecule has 2 heterocycles. The van der Waals surface area contributed by atoms with E-state index in [-0.39, 0.29) is 33.4 Å². The number of rotatable bonds is 2. The standard InChI is InChI=1S/C6H11N4O2P.ClH/c11-5-7-1-3-9(5)13-10-4-2-8-6(10)12;/h13H,1-4H2,(H,7,11)(H,8,12);1H/p-1. The van der Waals surface area contributed by atoms with E-state index >= 15 is 0 Å². The molecule has 0 spiro atoms. The molecule has 2 saturated heterocycles. The highest BCUT2D eigenvalue weighted by atomic mass is 35.5. The second-order valence-electron chi connectivity index (χ2n) is 2.87. The van der Waals surface area contributed by atoms with Gasteiger partial charge >= 0.3 is 12.1 Å². The van der Waals surface area contributed by atoms with E-state index in [9.17, 15) is 9.59 Å². The van der Waals surface area contributed by atoms with Gasteiger partial charge in [0.05, 0.1) is 8.88 Å². The quantitative estimate of drug-likeness (QED) is 0.491. The lowest BCUT2D eigenvalue weighted by Crippen LogP contribution is -3.00. The van der Waals surface area contributed by atoms with Crippen molar-refractivity contribution in [3.05, 3.63) is 0 Å². The van der Waals surface area contributed by atoms with Crippen molar-refractivity contribution in [3.8, 4) is 0 Å². The maximum absolute atomic E-state index is 11.1. The molecule has 0 unspecified atom stereocenters. The fourth-order valence-corrected chi connectivity index (χ4v) is 2.33. The molecule has 0 radical (unpaired) electrons. The van der Waals surface area contributed by atoms with Gasteiger partial charge in [-0.05, 0) is 0 Å². The van der Waals surface area contributed by atoms with Crippen LogP contribution in [0.25, 0.3) is 0 Å². The third kappa shape index (κ3) is 2.19. The predicted molar refractivity (Wildman–Crippen MR) is 48.5 cm³/mol. The third-order valence-electron chi connectivity index (χ3n) is 1.95. The molecule has 80 valence electrons. The van der Waals surface area contributed by atoms with E-state index in [0.717, 1.165) is 0 Å². The smallest absolute Gasteiger partial charge is 0.321 e. The summed E-state index contributed by atoms with van der Waals surface area (Å²) in [5.74, 6) is 0. The Morgan fingerprint density at radius 1 is 1.00 bits per heavy atom. The van der Waals surface area contributed by atoms with Gasteiger partial charge in [-0.15, -0.1) is 0 Å². The Labute approximate surface area is 89.7 Å². The van der Waals surface area contributed by atoms with E-state index in [4.69, 9.17) is 0 Å². The summed E-state index contributed by atoms with van der Waals surface area (Å²) in [6.07, 6.45) is 0. The maximum Gasteiger partial charge on any atom is 0.321 e. The second-order valence-corrected chi connectivity index (χ2v) is 4.15. The fraction of sp³-hybridized carbons (Fsp3) is 0.667. The molecule has 8 heteroatoms. The molecule has 2 N–H and O–H groups in total. The Morgan fingerprint density at radius 3 is 1.71 bits per heavy atom. The Bertz CT molecular complexity index is 228. The summed E-state index contributed by atoms with van der Waals surface area (Å²) in [6, 6.07) is -0.143. The van der Waals surface area contributed by atoms with Crippen LogP contribution in [0.4, 0.5) is 9.59 Å². The fourth-order valence-electron chi connectivity index (χ4n) is 1.28. The van der Waals surface area contributed by atoms with Gasteiger partial charge in [-0.25, -0.2) is 9.59 Å². The number of nitrogens with zero attached hydrogens (tertiary/aromatic N) is 2. The van der Waals surface area contributed by atoms with Crippen molar-refractivity contribution >= 4 is 20.9 Å². The number of halogens is 1. The van der Waals surface area contributed by atoms with Crippen molar-refractivity contribution in [2.45, 2.75) is 0 Å². The van der Waals surface area contributed by atoms with E-state index in [0.29, 0.717) is 26.2 Å². The summed E-state index contributed by atoms with van der Waals surface area (Å²) >= 11 is 0. The monoisotopic (exact) mass is 237 g/mol. The molecule has 0 bridgehead atoms. The van der Waals surface area contributed by atoms with Crippen LogP contribution in [-0.2, 0) is 0 Å². The Hall–Kier alpha value is -0.740. The van der Waals surface area contributed by atoms with Crippen molar-refractivity contribution in [1.82, 2.24) is 20.0 Å². The van der Waals surface area contributed by atoms with Crippen LogP contribution < -0.4 is 23.0 Å². The van der Waals surface area contributed by atoms with E-state index in [1.807, 2.05) is 0 Å². The number of carbonyl (C=O) groups is 2. The van der Waals surface area contributed by atoms with Crippen LogP contribution in [0.2, 0.25) is 0 Å². The summed E-state index contributed by atoms with van der Waals surface area (Å²) in [7, 11) is 0.143. The minimum absolute atomic E-state index is 0. The molecule has 0 aromatic rings. The minimum atomic E-state index is -0.0713. The highest BCUT2D eigenvalue weighted by Gasteiger charge is 2.26. The van der Waals surface area contributed by atoms with Crippen LogP contribution in [0.1, 0.15) is 0 Å². The SMILES string of the molecule is O=C1NCCN1PN1CCNC1=O.[Cl-]. The molecule has 2 aliphatic heterocycles. The minimum Gasteiger partial charge on any atom is -1.00 e. The van der Waals surface area contributed by atoms with Gasteiger partial charge in [0.2, 0.25) is 0 Å². The number of hydrogen-bond donors (Lipinski definition) is 2. The van der Waals surface area contributed by atoms with Gasteiger partial charge in [0, 0.05) is 26.2 Å². The Balaban J connectivity index is 0.000000980. The largest absolute Gasteiger partial charge is 1.00 e. The normalized spacial score (nSPS) is 20.6. The first kappa shape index (κ1) is 11.3. The molecule has 2 fully saturated rings. The van der Waals surface area contributed by atoms with Crippen LogP contribution in [-0.4, -0.2) is 47.6 Å². The zero-order chi connectivity index (χ0) is 9.26. The molecular weight excluding hydrogens is 227 g/mol. The van der Waals surface area contributed by atoms with E-state index in [1.165, 1.54) is 0 Å². The first-order chi connectivity index (χ1) is 6.27. The van der Waals surface area contributed by atoms with Crippen LogP contribution >= 0.6 is 8.88 Å². The first-order valence-corrected chi connectivity index (χ1v) is 5.04. The molecule has 4 amide bonds. The average Bonchev–Trinajstić information content (AvgIpc) is 2.65. The van der Waals surface area contributed by atoms with Crippen LogP contribution in [0, 0.1) is 0 Å². The summed E-state index contributed by atoms with van der Waals surface area (Å²) in [5.41, 5.74) is 0. The molecule has 0 aliphatic carbocycles. The number of hydrogen-bond acceptors (Lipinski definition) is 2. The zero-order valence-electron chi connectivity index (χ0n) is 7.42. The summed E-state index contributed by atoms with van der Waals surface area (Å²) in [4.78, 5) is 22.3. The van der Waals surface area contributed by atoms with Gasteiger partial charge in [-0.1, -0.05) is 0 Å². The number of urea groups is 2. The number of carbonyl (C=O) groups excluding carboxylic acids is 2. The molecule has 2 aliphatic rings. The van der Waals surface area contributed by atoms with E-state index < -0.39 is 0 Å². The molecule has 2 rings (SSSR count). The van der Waals surface area contributed by atoms with Crippen molar-refractivity contribution in [2.75, 3.05) is 26.2 Å². The molecule has 0 saturated carbocycles. The third-order valence-corrected chi connectivity index (χ3v) is 3.29. The second kappa shape index (κ2) is 4.66. The molecule has 0 atom stereocenters. The highest BCUT2D eigenvalue weighted by Crippen LogP contribution is 2.26. The lowest BCUT2D eigenvalue weighted by molar-refractivity contribution is -0.00000969. The van der Waals surface area contributed by atoms with E-state index in [2.05, 4.69) is 10.6 Å². The van der Waals surface area contributed by atoms with Crippen molar-refractivity contribution in [3.63, 3.8) is 0 Å². The van der Waals surface area contributed by atoms with Crippen LogP contribution in [0.3, 0.4) is 0 Å². The molecule has 0 aromatic heterocycles. The van der Waals surface area contributed by atoms with Gasteiger partial charge in [0.25, 0.3) is 0 Å². The Kier molecular flexibility index (Phi) is 3.77. The summed E-state index contributed by atoms with van der Waals surface area (Å²) in [5, 5.41) is 5.39. The van der Waals surface area contributed by atoms with Gasteiger partial charge < -0.3 is 23.0 Å². The average molecular weight is 238 g/mol. The molecule has 0 aromatic carbocycles. The highest BCUT2D eigenvalue weighted by molar-refractivity contribution is 7.34.